The van der Waals surface area contributed by atoms with Crippen LogP contribution in [-0.2, 0) is 19.2 Å². The molecule has 0 saturated carbocycles. The second-order valence-electron chi connectivity index (χ2n) is 3.08. The third kappa shape index (κ3) is 1.56. The van der Waals surface area contributed by atoms with Crippen LogP contribution in [-0.4, -0.2) is 35.1 Å². The van der Waals surface area contributed by atoms with Crippen molar-refractivity contribution < 1.29 is 19.2 Å². The first-order chi connectivity index (χ1) is 7.08. The van der Waals surface area contributed by atoms with Crippen molar-refractivity contribution >= 4 is 23.6 Å². The number of nitrogens with zero attached hydrogens (tertiary/aromatic N) is 1. The van der Waals surface area contributed by atoms with Gasteiger partial charge in [-0.05, 0) is 0 Å². The van der Waals surface area contributed by atoms with E-state index in [4.69, 9.17) is 0 Å². The molecule has 4 amide bonds. The number of carbonyl (C=O) groups is 4. The molecule has 15 heavy (non-hydrogen) atoms. The van der Waals surface area contributed by atoms with Crippen LogP contribution in [0.1, 0.15) is 0 Å². The minimum atomic E-state index is -0.562. The molecular formula is C9H6N2O4. The van der Waals surface area contributed by atoms with E-state index in [1.54, 1.807) is 0 Å². The standard InChI is InChI=1S/C9H6N2O4/c12-6-3-5(9(15)10-6)4-11-7(13)1-2-8(11)14/h1-3H,4H2,(H,10,12,15). The van der Waals surface area contributed by atoms with Crippen molar-refractivity contribution in [1.82, 2.24) is 10.2 Å². The molecule has 2 aliphatic rings. The first-order valence-corrected chi connectivity index (χ1v) is 4.17. The summed E-state index contributed by atoms with van der Waals surface area (Å²) < 4.78 is 0. The summed E-state index contributed by atoms with van der Waals surface area (Å²) in [4.78, 5) is 45.1. The van der Waals surface area contributed by atoms with Gasteiger partial charge in [-0.15, -0.1) is 0 Å². The van der Waals surface area contributed by atoms with E-state index in [9.17, 15) is 19.2 Å². The second kappa shape index (κ2) is 3.16. The van der Waals surface area contributed by atoms with Crippen LogP contribution in [0.4, 0.5) is 0 Å². The number of nitrogens with one attached hydrogen (secondary N) is 1. The molecule has 0 aromatic heterocycles. The zero-order chi connectivity index (χ0) is 11.0. The second-order valence-corrected chi connectivity index (χ2v) is 3.08. The van der Waals surface area contributed by atoms with Crippen molar-refractivity contribution in [3.8, 4) is 0 Å². The summed E-state index contributed by atoms with van der Waals surface area (Å²) >= 11 is 0. The average molecular weight is 206 g/mol. The van der Waals surface area contributed by atoms with Gasteiger partial charge in [-0.25, -0.2) is 0 Å². The molecule has 0 fully saturated rings. The van der Waals surface area contributed by atoms with Crippen LogP contribution in [0, 0.1) is 0 Å². The summed E-state index contributed by atoms with van der Waals surface area (Å²) in [5, 5.41) is 2.03. The smallest absolute Gasteiger partial charge is 0.256 e. The Morgan fingerprint density at radius 2 is 1.67 bits per heavy atom. The number of imide groups is 2. The quantitative estimate of drug-likeness (QED) is 0.557. The highest BCUT2D eigenvalue weighted by Crippen LogP contribution is 2.10. The molecule has 1 N–H and O–H groups in total. The number of hydrogen-bond acceptors (Lipinski definition) is 4. The highest BCUT2D eigenvalue weighted by molar-refractivity contribution is 6.18. The van der Waals surface area contributed by atoms with E-state index in [1.165, 1.54) is 0 Å². The fraction of sp³-hybridized carbons (Fsp3) is 0.111. The lowest BCUT2D eigenvalue weighted by Gasteiger charge is -2.12. The molecule has 2 heterocycles. The van der Waals surface area contributed by atoms with Gasteiger partial charge in [-0.1, -0.05) is 0 Å². The zero-order valence-electron chi connectivity index (χ0n) is 7.52. The van der Waals surface area contributed by atoms with Gasteiger partial charge in [0.25, 0.3) is 23.6 Å². The largest absolute Gasteiger partial charge is 0.289 e. The molecule has 2 aliphatic heterocycles. The molecule has 0 atom stereocenters. The molecule has 76 valence electrons. The number of rotatable bonds is 2. The summed E-state index contributed by atoms with van der Waals surface area (Å²) in [7, 11) is 0. The van der Waals surface area contributed by atoms with Crippen LogP contribution in [0.3, 0.4) is 0 Å². The fourth-order valence-corrected chi connectivity index (χ4v) is 1.33. The minimum Gasteiger partial charge on any atom is -0.289 e. The van der Waals surface area contributed by atoms with E-state index in [0.29, 0.717) is 0 Å². The lowest BCUT2D eigenvalue weighted by Crippen LogP contribution is -2.34. The molecule has 0 aromatic carbocycles. The highest BCUT2D eigenvalue weighted by atomic mass is 16.2. The molecule has 0 saturated heterocycles. The van der Waals surface area contributed by atoms with Crippen LogP contribution in [0.15, 0.2) is 23.8 Å². The molecular weight excluding hydrogens is 200 g/mol. The normalized spacial score (nSPS) is 20.0. The molecule has 0 radical (unpaired) electrons. The predicted octanol–water partition coefficient (Wildman–Crippen LogP) is -1.51. The van der Waals surface area contributed by atoms with Crippen LogP contribution >= 0.6 is 0 Å². The third-order valence-electron chi connectivity index (χ3n) is 2.06. The van der Waals surface area contributed by atoms with E-state index in [2.05, 4.69) is 0 Å². The maximum absolute atomic E-state index is 11.1. The van der Waals surface area contributed by atoms with Gasteiger partial charge in [0.1, 0.15) is 0 Å². The molecule has 6 heteroatoms. The Hall–Kier alpha value is -2.24. The van der Waals surface area contributed by atoms with Crippen molar-refractivity contribution in [2.45, 2.75) is 0 Å². The van der Waals surface area contributed by atoms with Crippen LogP contribution in [0.5, 0.6) is 0 Å². The molecule has 6 nitrogen and oxygen atoms in total. The van der Waals surface area contributed by atoms with Crippen molar-refractivity contribution in [1.29, 1.82) is 0 Å². The lowest BCUT2D eigenvalue weighted by molar-refractivity contribution is -0.136. The zero-order valence-corrected chi connectivity index (χ0v) is 7.52. The Morgan fingerprint density at radius 3 is 2.13 bits per heavy atom. The van der Waals surface area contributed by atoms with Gasteiger partial charge in [-0.3, -0.25) is 29.4 Å². The van der Waals surface area contributed by atoms with Crippen LogP contribution in [0.25, 0.3) is 0 Å². The third-order valence-corrected chi connectivity index (χ3v) is 2.06. The number of hydrogen-bond donors (Lipinski definition) is 1. The minimum absolute atomic E-state index is 0.116. The highest BCUT2D eigenvalue weighted by Gasteiger charge is 2.29. The summed E-state index contributed by atoms with van der Waals surface area (Å²) in [6.07, 6.45) is 3.33. The van der Waals surface area contributed by atoms with Gasteiger partial charge in [0.05, 0.1) is 6.54 Å². The number of carbonyl (C=O) groups excluding carboxylic acids is 4. The van der Waals surface area contributed by atoms with Gasteiger partial charge in [0.15, 0.2) is 0 Å². The van der Waals surface area contributed by atoms with Crippen molar-refractivity contribution in [2.24, 2.45) is 0 Å². The summed E-state index contributed by atoms with van der Waals surface area (Å²) in [6, 6.07) is 0. The fourth-order valence-electron chi connectivity index (χ4n) is 1.33. The molecule has 2 rings (SSSR count). The van der Waals surface area contributed by atoms with Gasteiger partial charge in [0.2, 0.25) is 0 Å². The Kier molecular flexibility index (Phi) is 1.96. The maximum atomic E-state index is 11.1. The van der Waals surface area contributed by atoms with E-state index in [1.807, 2.05) is 5.32 Å². The van der Waals surface area contributed by atoms with Crippen molar-refractivity contribution in [2.75, 3.05) is 6.54 Å². The Bertz CT molecular complexity index is 429. The monoisotopic (exact) mass is 206 g/mol. The van der Waals surface area contributed by atoms with Gasteiger partial charge >= 0.3 is 0 Å². The molecule has 0 aliphatic carbocycles. The topological polar surface area (TPSA) is 83.6 Å². The Morgan fingerprint density at radius 1 is 1.07 bits per heavy atom. The van der Waals surface area contributed by atoms with Crippen molar-refractivity contribution in [3.63, 3.8) is 0 Å². The van der Waals surface area contributed by atoms with Crippen molar-refractivity contribution in [3.05, 3.63) is 23.8 Å². The number of amides is 4. The molecule has 0 spiro atoms. The first kappa shape index (κ1) is 9.32. The summed E-state index contributed by atoms with van der Waals surface area (Å²) in [6.45, 7) is -0.164. The van der Waals surface area contributed by atoms with E-state index < -0.39 is 23.6 Å². The van der Waals surface area contributed by atoms with E-state index in [0.717, 1.165) is 23.1 Å². The van der Waals surface area contributed by atoms with Gasteiger partial charge in [0, 0.05) is 23.8 Å². The summed E-state index contributed by atoms with van der Waals surface area (Å²) in [5.41, 5.74) is 0.116. The SMILES string of the molecule is O=C1C=C(CN2C(=O)C=CC2=O)C(=O)N1. The van der Waals surface area contributed by atoms with Crippen LogP contribution in [0.2, 0.25) is 0 Å². The van der Waals surface area contributed by atoms with E-state index >= 15 is 0 Å². The van der Waals surface area contributed by atoms with E-state index in [-0.39, 0.29) is 12.1 Å². The predicted molar refractivity (Wildman–Crippen MR) is 47.1 cm³/mol. The Labute approximate surface area is 84.2 Å². The summed E-state index contributed by atoms with van der Waals surface area (Å²) in [5.74, 6) is -2.05. The lowest BCUT2D eigenvalue weighted by atomic mass is 10.2. The average Bonchev–Trinajstić information content (AvgIpc) is 2.63. The molecule has 0 bridgehead atoms. The van der Waals surface area contributed by atoms with Crippen LogP contribution < -0.4 is 5.32 Å². The van der Waals surface area contributed by atoms with Gasteiger partial charge < -0.3 is 0 Å². The van der Waals surface area contributed by atoms with Gasteiger partial charge in [-0.2, -0.15) is 0 Å². The first-order valence-electron chi connectivity index (χ1n) is 4.17. The Balaban J connectivity index is 2.13. The molecule has 0 aromatic rings. The maximum Gasteiger partial charge on any atom is 0.256 e. The molecule has 0 unspecified atom stereocenters.